The van der Waals surface area contributed by atoms with Crippen molar-refractivity contribution in [3.05, 3.63) is 42.0 Å². The Labute approximate surface area is 250 Å². The lowest BCUT2D eigenvalue weighted by atomic mass is 10.0. The summed E-state index contributed by atoms with van der Waals surface area (Å²) in [6.07, 6.45) is 3.70. The monoisotopic (exact) mass is 602 g/mol. The maximum absolute atomic E-state index is 13.3. The van der Waals surface area contributed by atoms with Crippen molar-refractivity contribution in [2.24, 2.45) is 11.7 Å². The molecule has 1 aliphatic heterocycles. The number of unbranched alkanes of at least 4 members (excludes halogenated alkanes) is 2. The molecule has 0 aromatic heterocycles. The molecule has 1 aromatic carbocycles. The molecule has 0 saturated carbocycles. The summed E-state index contributed by atoms with van der Waals surface area (Å²) in [5.74, 6) is -2.28. The fourth-order valence-corrected chi connectivity index (χ4v) is 4.29. The third-order valence-corrected chi connectivity index (χ3v) is 6.65. The average molecular weight is 603 g/mol. The van der Waals surface area contributed by atoms with E-state index in [4.69, 9.17) is 10.5 Å². The summed E-state index contributed by atoms with van der Waals surface area (Å²) in [6, 6.07) is 4.81. The highest BCUT2D eigenvalue weighted by molar-refractivity contribution is 6.12. The zero-order valence-electron chi connectivity index (χ0n) is 24.5. The molecule has 0 aliphatic carbocycles. The number of hydrogen-bond donors (Lipinski definition) is 6. The van der Waals surface area contributed by atoms with E-state index in [9.17, 15) is 33.9 Å². The number of benzene rings is 1. The molecule has 14 nitrogen and oxygen atoms in total. The second-order valence-corrected chi connectivity index (χ2v) is 10.5. The Morgan fingerprint density at radius 1 is 0.977 bits per heavy atom. The molecule has 1 aliphatic rings. The molecule has 2 rings (SSSR count). The quantitative estimate of drug-likeness (QED) is 0.0510. The number of carbonyl (C=O) groups is 6. The Morgan fingerprint density at radius 3 is 2.26 bits per heavy atom. The van der Waals surface area contributed by atoms with Gasteiger partial charge < -0.3 is 25.8 Å². The van der Waals surface area contributed by atoms with Crippen molar-refractivity contribution in [3.8, 4) is 0 Å². The van der Waals surface area contributed by atoms with Gasteiger partial charge in [0.2, 0.25) is 17.7 Å². The number of aliphatic hydroxyl groups is 1. The van der Waals surface area contributed by atoms with E-state index in [0.29, 0.717) is 44.4 Å². The Hall–Kier alpha value is -4.14. The van der Waals surface area contributed by atoms with Crippen LogP contribution in [0.4, 0.5) is 5.69 Å². The summed E-state index contributed by atoms with van der Waals surface area (Å²) in [6.45, 7) is 4.57. The first-order valence-electron chi connectivity index (χ1n) is 14.3. The van der Waals surface area contributed by atoms with E-state index in [1.54, 1.807) is 38.1 Å². The zero-order valence-corrected chi connectivity index (χ0v) is 24.5. The Bertz CT molecular complexity index is 1120. The topological polar surface area (TPSA) is 209 Å². The maximum Gasteiger partial charge on any atom is 0.293 e. The molecule has 0 fully saturated rings. The third kappa shape index (κ3) is 12.7. The first-order chi connectivity index (χ1) is 20.5. The molecule has 1 unspecified atom stereocenters. The van der Waals surface area contributed by atoms with E-state index in [1.165, 1.54) is 12.2 Å². The number of nitrogens with zero attached hydrogens (tertiary/aromatic N) is 1. The summed E-state index contributed by atoms with van der Waals surface area (Å²) in [5, 5.41) is 20.1. The molecule has 1 aromatic rings. The highest BCUT2D eigenvalue weighted by Crippen LogP contribution is 2.13. The van der Waals surface area contributed by atoms with Crippen LogP contribution in [0.1, 0.15) is 57.9 Å². The average Bonchev–Trinajstić information content (AvgIpc) is 3.28. The van der Waals surface area contributed by atoms with Crippen LogP contribution in [0, 0.1) is 5.92 Å². The molecule has 0 radical (unpaired) electrons. The number of hydrogen-bond acceptors (Lipinski definition) is 10. The minimum Gasteiger partial charge on any atom is -0.463 e. The predicted octanol–water partition coefficient (Wildman–Crippen LogP) is 0.0135. The van der Waals surface area contributed by atoms with Crippen molar-refractivity contribution in [3.63, 3.8) is 0 Å². The molecule has 14 heteroatoms. The maximum atomic E-state index is 13.3. The van der Waals surface area contributed by atoms with Gasteiger partial charge in [0.05, 0.1) is 0 Å². The fourth-order valence-electron chi connectivity index (χ4n) is 4.29. The first-order valence-corrected chi connectivity index (χ1v) is 14.3. The van der Waals surface area contributed by atoms with Crippen LogP contribution in [0.2, 0.25) is 0 Å². The Kier molecular flexibility index (Phi) is 15.0. The summed E-state index contributed by atoms with van der Waals surface area (Å²) < 4.78 is 4.72. The molecule has 236 valence electrons. The van der Waals surface area contributed by atoms with Crippen LogP contribution in [0.25, 0.3) is 0 Å². The lowest BCUT2D eigenvalue weighted by Gasteiger charge is -2.25. The van der Waals surface area contributed by atoms with Gasteiger partial charge >= 0.3 is 0 Å². The molecule has 0 saturated heterocycles. The van der Waals surface area contributed by atoms with Gasteiger partial charge in [0.1, 0.15) is 18.7 Å². The highest BCUT2D eigenvalue weighted by Gasteiger charge is 2.29. The Balaban J connectivity index is 1.93. The van der Waals surface area contributed by atoms with Crippen LogP contribution in [-0.2, 0) is 40.1 Å². The van der Waals surface area contributed by atoms with Gasteiger partial charge in [-0.1, -0.05) is 32.4 Å². The Morgan fingerprint density at radius 2 is 1.65 bits per heavy atom. The van der Waals surface area contributed by atoms with Gasteiger partial charge in [-0.05, 0) is 55.8 Å². The number of imide groups is 1. The minimum atomic E-state index is -1.22. The van der Waals surface area contributed by atoms with Crippen LogP contribution in [0.5, 0.6) is 0 Å². The van der Waals surface area contributed by atoms with Gasteiger partial charge in [-0.3, -0.25) is 44.7 Å². The highest BCUT2D eigenvalue weighted by atomic mass is 16.5. The summed E-state index contributed by atoms with van der Waals surface area (Å²) >= 11 is 0. The number of ether oxygens (including phenoxy) is 1. The van der Waals surface area contributed by atoms with Crippen LogP contribution in [0.15, 0.2) is 36.4 Å². The largest absolute Gasteiger partial charge is 0.463 e. The summed E-state index contributed by atoms with van der Waals surface area (Å²) in [4.78, 5) is 73.8. The van der Waals surface area contributed by atoms with E-state index in [0.717, 1.165) is 10.5 Å². The number of carbonyl (C=O) groups excluding carboxylic acids is 6. The lowest BCUT2D eigenvalue weighted by molar-refractivity contribution is -0.137. The smallest absolute Gasteiger partial charge is 0.293 e. The van der Waals surface area contributed by atoms with Gasteiger partial charge in [-0.2, -0.15) is 0 Å². The minimum absolute atomic E-state index is 0.0943. The summed E-state index contributed by atoms with van der Waals surface area (Å²) in [7, 11) is 0. The van der Waals surface area contributed by atoms with Gasteiger partial charge in [0, 0.05) is 30.8 Å². The van der Waals surface area contributed by atoms with Crippen LogP contribution < -0.4 is 27.0 Å². The van der Waals surface area contributed by atoms with Gasteiger partial charge in [0.15, 0.2) is 6.35 Å². The normalized spacial score (nSPS) is 14.8. The second-order valence-electron chi connectivity index (χ2n) is 10.5. The van der Waals surface area contributed by atoms with Crippen molar-refractivity contribution < 1.29 is 38.6 Å². The van der Waals surface area contributed by atoms with Crippen molar-refractivity contribution >= 4 is 41.7 Å². The molecule has 7 N–H and O–H groups in total. The van der Waals surface area contributed by atoms with Crippen molar-refractivity contribution in [2.45, 2.75) is 77.4 Å². The summed E-state index contributed by atoms with van der Waals surface area (Å²) in [5.41, 5.74) is 6.50. The van der Waals surface area contributed by atoms with Crippen molar-refractivity contribution in [1.82, 2.24) is 20.9 Å². The molecular formula is C29H42N6O8. The molecular weight excluding hydrogens is 560 g/mol. The molecule has 1 heterocycles. The first kappa shape index (κ1) is 35.1. The van der Waals surface area contributed by atoms with Crippen molar-refractivity contribution in [2.75, 3.05) is 18.4 Å². The van der Waals surface area contributed by atoms with Crippen molar-refractivity contribution in [1.29, 1.82) is 0 Å². The van der Waals surface area contributed by atoms with E-state index in [-0.39, 0.29) is 49.6 Å². The van der Waals surface area contributed by atoms with Crippen LogP contribution >= 0.6 is 0 Å². The lowest BCUT2D eigenvalue weighted by Crippen LogP contribution is -2.54. The van der Waals surface area contributed by atoms with Crippen LogP contribution in [0.3, 0.4) is 0 Å². The predicted molar refractivity (Wildman–Crippen MR) is 156 cm³/mol. The van der Waals surface area contributed by atoms with E-state index in [1.807, 2.05) is 0 Å². The van der Waals surface area contributed by atoms with E-state index >= 15 is 0 Å². The molecule has 0 bridgehead atoms. The SMILES string of the molecule is CC(C)[C@H](NC(=O)CCCCCN1C(=O)C=CC1=O)C(=O)N[C@@H](CCCNC(N)O)C(=O)Nc1ccc(COC=O)cc1. The zero-order chi connectivity index (χ0) is 31.8. The van der Waals surface area contributed by atoms with Crippen LogP contribution in [-0.4, -0.2) is 77.5 Å². The number of aliphatic hydroxyl groups excluding tert-OH is 1. The van der Waals surface area contributed by atoms with Gasteiger partial charge in [-0.25, -0.2) is 0 Å². The third-order valence-electron chi connectivity index (χ3n) is 6.65. The second kappa shape index (κ2) is 18.4. The molecule has 43 heavy (non-hydrogen) atoms. The fraction of sp³-hybridized carbons (Fsp3) is 0.517. The van der Waals surface area contributed by atoms with Gasteiger partial charge in [-0.15, -0.1) is 0 Å². The standard InChI is InChI=1S/C29H42N6O8/c1-19(2)26(34-23(37)8-4-3-5-16-35-24(38)13-14-25(35)39)28(41)33-22(7-6-15-31-29(30)42)27(40)32-21-11-9-20(10-12-21)17-43-18-36/h9-14,18-19,22,26,29,31,42H,3-8,15-17,30H2,1-2H3,(H,32,40)(H,33,41)(H,34,37)/t22-,26-,29?/m0/s1. The number of rotatable bonds is 20. The number of nitrogens with two attached hydrogens (primary N) is 1. The molecule has 5 amide bonds. The molecule has 3 atom stereocenters. The molecule has 0 spiro atoms. The number of nitrogens with one attached hydrogen (secondary N) is 4. The number of anilines is 1. The van der Waals surface area contributed by atoms with Gasteiger partial charge in [0.25, 0.3) is 18.3 Å². The van der Waals surface area contributed by atoms with E-state index < -0.39 is 30.2 Å². The number of amides is 5. The van der Waals surface area contributed by atoms with E-state index in [2.05, 4.69) is 21.3 Å².